The Kier molecular flexibility index (Phi) is 22.6. The van der Waals surface area contributed by atoms with Gasteiger partial charge in [0.1, 0.15) is 11.6 Å². The van der Waals surface area contributed by atoms with E-state index in [1.165, 1.54) is 59.3 Å². The molecule has 0 N–H and O–H groups in total. The second-order valence-corrected chi connectivity index (χ2v) is 32.4. The number of pyridine rings is 1. The van der Waals surface area contributed by atoms with E-state index in [0.29, 0.717) is 23.3 Å². The Morgan fingerprint density at radius 1 is 0.176 bits per heavy atom. The fourth-order valence-electron chi connectivity index (χ4n) is 17.5. The highest BCUT2D eigenvalue weighted by Gasteiger charge is 2.31. The van der Waals surface area contributed by atoms with Gasteiger partial charge in [0, 0.05) is 77.9 Å². The molecule has 4 heterocycles. The largest absolute Gasteiger partial charge is 0.311 e. The lowest BCUT2D eigenvalue weighted by Crippen LogP contribution is -2.10. The van der Waals surface area contributed by atoms with Crippen molar-refractivity contribution in [3.05, 3.63) is 482 Å². The number of benzene rings is 18. The van der Waals surface area contributed by atoms with Crippen LogP contribution in [-0.2, 0) is 0 Å². The molecule has 0 fully saturated rings. The summed E-state index contributed by atoms with van der Waals surface area (Å²) in [6.07, 6.45) is 0. The molecule has 0 bridgehead atoms. The first-order valence-corrected chi connectivity index (χ1v) is 43.2. The predicted molar refractivity (Wildman–Crippen MR) is 516 cm³/mol. The zero-order valence-corrected chi connectivity index (χ0v) is 71.4. The van der Waals surface area contributed by atoms with Crippen LogP contribution in [0.15, 0.2) is 413 Å². The van der Waals surface area contributed by atoms with Crippen LogP contribution in [0, 0.1) is 69.8 Å². The Hall–Kier alpha value is -17.5. The molecule has 0 atom stereocenters. The molecule has 0 aliphatic rings. The fraction of sp³-hybridized carbons (Fsp3) is 0. The summed E-state index contributed by atoms with van der Waals surface area (Å²) >= 11 is 0. The first kappa shape index (κ1) is 85.3. The predicted octanol–water partition coefficient (Wildman–Crippen LogP) is 32.4. The van der Waals surface area contributed by atoms with E-state index < -0.39 is 69.3 Å². The normalized spacial score (nSPS) is 11.4. The van der Waals surface area contributed by atoms with Gasteiger partial charge in [-0.15, -0.1) is 0 Å². The van der Waals surface area contributed by atoms with Crippen LogP contribution in [0.3, 0.4) is 0 Å². The summed E-state index contributed by atoms with van der Waals surface area (Å²) in [6.45, 7) is 0. The van der Waals surface area contributed by atoms with Crippen molar-refractivity contribution in [3.63, 3.8) is 0 Å². The quantitative estimate of drug-likeness (QED) is 0.0484. The van der Waals surface area contributed by atoms with E-state index in [1.807, 2.05) is 132 Å². The summed E-state index contributed by atoms with van der Waals surface area (Å²) in [6, 6.07) is 129. The molecule has 22 rings (SSSR count). The lowest BCUT2D eigenvalue weighted by Gasteiger charge is -2.26. The molecule has 0 aliphatic heterocycles. The van der Waals surface area contributed by atoms with Crippen molar-refractivity contribution < 1.29 is 52.7 Å². The molecular weight excluding hydrogens is 1730 g/mol. The van der Waals surface area contributed by atoms with Crippen LogP contribution in [0.1, 0.15) is 0 Å². The summed E-state index contributed by atoms with van der Waals surface area (Å²) in [5, 5.41) is 4.15. The van der Waals surface area contributed by atoms with Gasteiger partial charge in [-0.3, -0.25) is 4.57 Å². The van der Waals surface area contributed by atoms with Gasteiger partial charge in [0.25, 0.3) is 0 Å². The van der Waals surface area contributed by atoms with Crippen LogP contribution in [0.4, 0.5) is 86.8 Å². The smallest absolute Gasteiger partial charge is 0.238 e. The molecule has 0 unspecified atom stereocenters. The Labute approximate surface area is 770 Å². The summed E-state index contributed by atoms with van der Waals surface area (Å²) < 4.78 is 176. The van der Waals surface area contributed by atoms with E-state index in [4.69, 9.17) is 19.9 Å². The highest BCUT2D eigenvalue weighted by atomic mass is 19.2. The van der Waals surface area contributed by atoms with Crippen LogP contribution in [0.25, 0.3) is 167 Å². The number of para-hydroxylation sites is 2. The van der Waals surface area contributed by atoms with Crippen molar-refractivity contribution in [1.29, 1.82) is 0 Å². The Morgan fingerprint density at radius 3 is 0.757 bits per heavy atom. The zero-order chi connectivity index (χ0) is 92.9. The maximum atomic E-state index is 14.9. The van der Waals surface area contributed by atoms with Gasteiger partial charge in [0.05, 0.1) is 50.3 Å². The standard InChI is InChI=1S/C59H39F2N3.C57H29F10N5/c60-48-26-15-40(16-27-48)42-19-30-50(31-20-42)63(51-32-21-43(22-33-51)41-17-28-49(61)29-18-41)52-34-23-44(24-35-52)47-25-36-59-55(37-47)54-13-7-8-14-58(54)64(59)53-38-56(45-9-3-1-4-10-45)62-57(39-53)46-11-5-2-6-12-46;58-45-43(46(59)50(63)53(66)49(45)62)31-17-24-37(25-18-31)71(38-26-19-32(20-27-38)44-47(60)51(64)54(67)52(65)48(44)61)36-22-15-30(16-23-36)35-21-28-42-40(29-35)39-13-7-8-14-41(39)72(42)57-69-55(33-9-3-1-4-10-33)68-56(70-57)34-11-5-2-6-12-34/h1-39H;1-29H. The molecular formula is C116H68F12N8. The minimum absolute atomic E-state index is 0.258. The van der Waals surface area contributed by atoms with E-state index in [1.54, 1.807) is 41.3 Å². The topological polar surface area (TPSA) is 67.9 Å². The Balaban J connectivity index is 0.000000164. The highest BCUT2D eigenvalue weighted by Crippen LogP contribution is 2.46. The first-order valence-electron chi connectivity index (χ1n) is 43.2. The number of nitrogens with zero attached hydrogens (tertiary/aromatic N) is 8. The van der Waals surface area contributed by atoms with E-state index in [9.17, 15) is 52.7 Å². The lowest BCUT2D eigenvalue weighted by atomic mass is 10.0. The second-order valence-electron chi connectivity index (χ2n) is 32.4. The van der Waals surface area contributed by atoms with Gasteiger partial charge >= 0.3 is 0 Å². The SMILES string of the molecule is Fc1c(F)c(F)c(-c2ccc(N(c3ccc(-c4ccc5c(c4)c4ccccc4n5-c4nc(-c5ccccc5)nc(-c5ccccc5)n4)cc3)c3ccc(-c4c(F)c(F)c(F)c(F)c4F)cc3)cc2)c(F)c1F.Fc1ccc(-c2ccc(N(c3ccc(-c4ccc(F)cc4)cc3)c3ccc(-c4ccc5c(c4)c4ccccc4n5-c4cc(-c5ccccc5)nc(-c5ccccc5)c4)cc3)cc2)cc1. The van der Waals surface area contributed by atoms with Crippen molar-refractivity contribution in [3.8, 4) is 124 Å². The molecule has 0 radical (unpaired) electrons. The van der Waals surface area contributed by atoms with Crippen molar-refractivity contribution in [2.45, 2.75) is 0 Å². The average Bonchev–Trinajstić information content (AvgIpc) is 1.59. The van der Waals surface area contributed by atoms with Crippen molar-refractivity contribution >= 4 is 77.7 Å². The van der Waals surface area contributed by atoms with Gasteiger partial charge in [-0.05, 0) is 201 Å². The maximum absolute atomic E-state index is 14.9. The third-order valence-corrected chi connectivity index (χ3v) is 24.2. The second kappa shape index (κ2) is 36.0. The number of anilines is 6. The van der Waals surface area contributed by atoms with Gasteiger partial charge in [-0.2, -0.15) is 9.97 Å². The van der Waals surface area contributed by atoms with Gasteiger partial charge in [-0.25, -0.2) is 62.7 Å². The highest BCUT2D eigenvalue weighted by molar-refractivity contribution is 6.12. The van der Waals surface area contributed by atoms with Gasteiger partial charge in [-0.1, -0.05) is 267 Å². The molecule has 18 aromatic carbocycles. The molecule has 8 nitrogen and oxygen atoms in total. The number of hydrogen-bond donors (Lipinski definition) is 0. The lowest BCUT2D eigenvalue weighted by molar-refractivity contribution is 0.381. The van der Waals surface area contributed by atoms with Crippen LogP contribution >= 0.6 is 0 Å². The third kappa shape index (κ3) is 16.1. The molecule has 0 aliphatic carbocycles. The molecule has 0 saturated carbocycles. The molecule has 20 heteroatoms. The zero-order valence-electron chi connectivity index (χ0n) is 71.4. The molecule has 4 aromatic heterocycles. The third-order valence-electron chi connectivity index (χ3n) is 24.2. The van der Waals surface area contributed by atoms with E-state index >= 15 is 0 Å². The van der Waals surface area contributed by atoms with E-state index in [2.05, 4.69) is 185 Å². The van der Waals surface area contributed by atoms with Crippen LogP contribution in [-0.4, -0.2) is 29.1 Å². The van der Waals surface area contributed by atoms with Crippen LogP contribution < -0.4 is 9.80 Å². The number of fused-ring (bicyclic) bond motifs is 6. The summed E-state index contributed by atoms with van der Waals surface area (Å²) in [7, 11) is 0. The molecule has 656 valence electrons. The monoisotopic (exact) mass is 1800 g/mol. The van der Waals surface area contributed by atoms with E-state index in [-0.39, 0.29) is 34.1 Å². The maximum Gasteiger partial charge on any atom is 0.238 e. The summed E-state index contributed by atoms with van der Waals surface area (Å²) in [5.41, 5.74) is 19.2. The molecule has 0 saturated heterocycles. The summed E-state index contributed by atoms with van der Waals surface area (Å²) in [4.78, 5) is 23.8. The van der Waals surface area contributed by atoms with Crippen LogP contribution in [0.2, 0.25) is 0 Å². The molecule has 0 spiro atoms. The Bertz CT molecular complexity index is 7910. The number of hydrogen-bond acceptors (Lipinski definition) is 6. The number of aromatic nitrogens is 6. The minimum atomic E-state index is -2.31. The Morgan fingerprint density at radius 2 is 0.426 bits per heavy atom. The van der Waals surface area contributed by atoms with Crippen molar-refractivity contribution in [2.75, 3.05) is 9.80 Å². The van der Waals surface area contributed by atoms with Gasteiger partial charge < -0.3 is 14.4 Å². The minimum Gasteiger partial charge on any atom is -0.311 e. The van der Waals surface area contributed by atoms with Gasteiger partial charge in [0.2, 0.25) is 17.6 Å². The van der Waals surface area contributed by atoms with Crippen molar-refractivity contribution in [2.24, 2.45) is 0 Å². The average molecular weight is 1800 g/mol. The van der Waals surface area contributed by atoms with Crippen molar-refractivity contribution in [1.82, 2.24) is 29.1 Å². The number of rotatable bonds is 18. The molecule has 136 heavy (non-hydrogen) atoms. The first-order chi connectivity index (χ1) is 66.4. The van der Waals surface area contributed by atoms with E-state index in [0.717, 1.165) is 158 Å². The molecule has 22 aromatic rings. The summed E-state index contributed by atoms with van der Waals surface area (Å²) in [5.74, 6) is -20.3. The molecule has 0 amide bonds. The number of halogens is 12. The van der Waals surface area contributed by atoms with Crippen LogP contribution in [0.5, 0.6) is 0 Å². The van der Waals surface area contributed by atoms with Gasteiger partial charge in [0.15, 0.2) is 58.2 Å². The fourth-order valence-corrected chi connectivity index (χ4v) is 17.5.